The maximum Gasteiger partial charge on any atom is 0.262 e. The summed E-state index contributed by atoms with van der Waals surface area (Å²) in [6.45, 7) is 3.22. The summed E-state index contributed by atoms with van der Waals surface area (Å²) < 4.78 is 39.0. The minimum Gasteiger partial charge on any atom is -0.479 e. The molecule has 1 fully saturated rings. The first-order valence-corrected chi connectivity index (χ1v) is 10.9. The van der Waals surface area contributed by atoms with Gasteiger partial charge in [0, 0.05) is 31.1 Å². The van der Waals surface area contributed by atoms with E-state index in [0.29, 0.717) is 30.7 Å². The number of nitrogens with one attached hydrogen (secondary N) is 1. The van der Waals surface area contributed by atoms with Crippen LogP contribution in [0.15, 0.2) is 35.2 Å². The van der Waals surface area contributed by atoms with Gasteiger partial charge in [0.25, 0.3) is 10.0 Å². The van der Waals surface area contributed by atoms with E-state index in [-0.39, 0.29) is 4.90 Å². The number of benzene rings is 1. The van der Waals surface area contributed by atoms with Crippen molar-refractivity contribution in [3.63, 3.8) is 0 Å². The summed E-state index contributed by atoms with van der Waals surface area (Å²) >= 11 is 0. The van der Waals surface area contributed by atoms with Crippen LogP contribution >= 0.6 is 0 Å². The molecule has 1 N–H and O–H groups in total. The summed E-state index contributed by atoms with van der Waals surface area (Å²) in [5.74, 6) is 0.659. The normalized spacial score (nSPS) is 18.1. The van der Waals surface area contributed by atoms with Gasteiger partial charge in [0.15, 0.2) is 0 Å². The maximum absolute atomic E-state index is 12.9. The van der Waals surface area contributed by atoms with E-state index >= 15 is 0 Å². The van der Waals surface area contributed by atoms with E-state index in [0.717, 1.165) is 42.8 Å². The lowest BCUT2D eigenvalue weighted by Crippen LogP contribution is -2.25. The summed E-state index contributed by atoms with van der Waals surface area (Å²) in [4.78, 5) is 7.03. The number of ether oxygens (including phenoxy) is 2. The Kier molecular flexibility index (Phi) is 5.27. The number of rotatable bonds is 5. The zero-order valence-corrected chi connectivity index (χ0v) is 17.0. The Labute approximate surface area is 165 Å². The van der Waals surface area contributed by atoms with E-state index in [1.165, 1.54) is 7.11 Å². The van der Waals surface area contributed by atoms with E-state index in [9.17, 15) is 8.42 Å². The Bertz CT molecular complexity index is 956. The molecule has 0 atom stereocenters. The van der Waals surface area contributed by atoms with Crippen LogP contribution in [0.3, 0.4) is 0 Å². The second-order valence-electron chi connectivity index (χ2n) is 7.36. The molecule has 2 aliphatic rings. The van der Waals surface area contributed by atoms with Crippen molar-refractivity contribution in [1.29, 1.82) is 0 Å². The predicted molar refractivity (Wildman–Crippen MR) is 107 cm³/mol. The maximum atomic E-state index is 12.9. The van der Waals surface area contributed by atoms with Crippen LogP contribution in [0.2, 0.25) is 0 Å². The smallest absolute Gasteiger partial charge is 0.262 e. The van der Waals surface area contributed by atoms with Crippen molar-refractivity contribution in [2.75, 3.05) is 45.2 Å². The monoisotopic (exact) mass is 403 g/mol. The van der Waals surface area contributed by atoms with Gasteiger partial charge in [0.1, 0.15) is 5.69 Å². The summed E-state index contributed by atoms with van der Waals surface area (Å²) in [5, 5.41) is 0. The Morgan fingerprint density at radius 1 is 1.18 bits per heavy atom. The van der Waals surface area contributed by atoms with E-state index in [4.69, 9.17) is 9.47 Å². The van der Waals surface area contributed by atoms with Gasteiger partial charge in [0.2, 0.25) is 5.88 Å². The average molecular weight is 404 g/mol. The van der Waals surface area contributed by atoms with Crippen LogP contribution in [0, 0.1) is 0 Å². The standard InChI is InChI=1S/C20H25N3O4S/c1-23-9-7-15-11-19(20(26-2)21-18(15)8-10-23)22-28(24,25)17-5-3-14(4-6-17)16-12-27-13-16/h3-6,11,16,22H,7-10,12-13H2,1-2H3. The molecule has 2 aromatic rings. The lowest BCUT2D eigenvalue weighted by Gasteiger charge is -2.26. The molecule has 4 rings (SSSR count). The molecule has 28 heavy (non-hydrogen) atoms. The van der Waals surface area contributed by atoms with Crippen molar-refractivity contribution in [3.05, 3.63) is 47.2 Å². The molecule has 0 amide bonds. The minimum atomic E-state index is -3.74. The van der Waals surface area contributed by atoms with Crippen LogP contribution < -0.4 is 9.46 Å². The molecular weight excluding hydrogens is 378 g/mol. The largest absolute Gasteiger partial charge is 0.479 e. The third-order valence-electron chi connectivity index (χ3n) is 5.39. The molecule has 0 unspecified atom stereocenters. The predicted octanol–water partition coefficient (Wildman–Crippen LogP) is 2.04. The molecule has 0 saturated carbocycles. The molecule has 0 spiro atoms. The van der Waals surface area contributed by atoms with Gasteiger partial charge in [-0.3, -0.25) is 4.72 Å². The lowest BCUT2D eigenvalue weighted by molar-refractivity contribution is 0.00840. The molecule has 1 aromatic carbocycles. The van der Waals surface area contributed by atoms with Gasteiger partial charge < -0.3 is 14.4 Å². The Hall–Kier alpha value is -2.16. The van der Waals surface area contributed by atoms with Crippen LogP contribution in [-0.2, 0) is 27.6 Å². The zero-order chi connectivity index (χ0) is 19.7. The van der Waals surface area contributed by atoms with Gasteiger partial charge in [0.05, 0.1) is 25.2 Å². The molecule has 1 saturated heterocycles. The molecule has 0 bridgehead atoms. The van der Waals surface area contributed by atoms with Crippen molar-refractivity contribution < 1.29 is 17.9 Å². The Morgan fingerprint density at radius 2 is 1.89 bits per heavy atom. The molecule has 2 aliphatic heterocycles. The lowest BCUT2D eigenvalue weighted by atomic mass is 9.98. The SMILES string of the molecule is COc1nc2c(cc1NS(=O)(=O)c1ccc(C3COC3)cc1)CCN(C)CC2. The van der Waals surface area contributed by atoms with Gasteiger partial charge in [-0.15, -0.1) is 0 Å². The Balaban J connectivity index is 1.60. The van der Waals surface area contributed by atoms with E-state index in [2.05, 4.69) is 21.7 Å². The number of methoxy groups -OCH3 is 1. The number of fused-ring (bicyclic) bond motifs is 1. The number of nitrogens with zero attached hydrogens (tertiary/aromatic N) is 2. The van der Waals surface area contributed by atoms with Gasteiger partial charge in [-0.25, -0.2) is 13.4 Å². The highest BCUT2D eigenvalue weighted by Gasteiger charge is 2.23. The van der Waals surface area contributed by atoms with Crippen molar-refractivity contribution >= 4 is 15.7 Å². The fourth-order valence-electron chi connectivity index (χ4n) is 3.51. The van der Waals surface area contributed by atoms with Crippen LogP contribution in [0.5, 0.6) is 5.88 Å². The third kappa shape index (κ3) is 3.85. The van der Waals surface area contributed by atoms with Gasteiger partial charge in [-0.2, -0.15) is 0 Å². The molecule has 1 aromatic heterocycles. The zero-order valence-electron chi connectivity index (χ0n) is 16.1. The molecule has 8 heteroatoms. The number of aromatic nitrogens is 1. The van der Waals surface area contributed by atoms with Crippen LogP contribution in [0.25, 0.3) is 0 Å². The van der Waals surface area contributed by atoms with Crippen LogP contribution in [-0.4, -0.2) is 58.8 Å². The van der Waals surface area contributed by atoms with Gasteiger partial charge in [-0.05, 0) is 42.8 Å². The van der Waals surface area contributed by atoms with Crippen LogP contribution in [0.4, 0.5) is 5.69 Å². The molecule has 7 nitrogen and oxygen atoms in total. The average Bonchev–Trinajstić information content (AvgIpc) is 2.81. The highest BCUT2D eigenvalue weighted by molar-refractivity contribution is 7.92. The van der Waals surface area contributed by atoms with Crippen molar-refractivity contribution in [2.24, 2.45) is 0 Å². The number of anilines is 1. The van der Waals surface area contributed by atoms with Crippen LogP contribution in [0.1, 0.15) is 22.7 Å². The summed E-state index contributed by atoms with van der Waals surface area (Å²) in [5.41, 5.74) is 3.50. The van der Waals surface area contributed by atoms with E-state index in [1.54, 1.807) is 12.1 Å². The summed E-state index contributed by atoms with van der Waals surface area (Å²) in [7, 11) is -0.155. The number of hydrogen-bond donors (Lipinski definition) is 1. The summed E-state index contributed by atoms with van der Waals surface area (Å²) in [6, 6.07) is 8.83. The molecule has 3 heterocycles. The summed E-state index contributed by atoms with van der Waals surface area (Å²) in [6.07, 6.45) is 1.65. The topological polar surface area (TPSA) is 80.8 Å². The van der Waals surface area contributed by atoms with E-state index in [1.807, 2.05) is 18.2 Å². The van der Waals surface area contributed by atoms with Crippen molar-refractivity contribution in [1.82, 2.24) is 9.88 Å². The van der Waals surface area contributed by atoms with Crippen molar-refractivity contribution in [2.45, 2.75) is 23.7 Å². The quantitative estimate of drug-likeness (QED) is 0.823. The van der Waals surface area contributed by atoms with Crippen molar-refractivity contribution in [3.8, 4) is 5.88 Å². The first kappa shape index (κ1) is 19.2. The molecular formula is C20H25N3O4S. The van der Waals surface area contributed by atoms with E-state index < -0.39 is 10.0 Å². The Morgan fingerprint density at radius 3 is 2.54 bits per heavy atom. The molecule has 150 valence electrons. The first-order chi connectivity index (χ1) is 13.5. The van der Waals surface area contributed by atoms with Gasteiger partial charge >= 0.3 is 0 Å². The highest BCUT2D eigenvalue weighted by Crippen LogP contribution is 2.30. The first-order valence-electron chi connectivity index (χ1n) is 9.42. The minimum absolute atomic E-state index is 0.216. The van der Waals surface area contributed by atoms with Gasteiger partial charge in [-0.1, -0.05) is 12.1 Å². The fourth-order valence-corrected chi connectivity index (χ4v) is 4.55. The fraction of sp³-hybridized carbons (Fsp3) is 0.450. The molecule has 0 aliphatic carbocycles. The number of sulfonamides is 1. The number of pyridine rings is 1. The second kappa shape index (κ2) is 7.69. The number of hydrogen-bond acceptors (Lipinski definition) is 6. The third-order valence-corrected chi connectivity index (χ3v) is 6.77. The highest BCUT2D eigenvalue weighted by atomic mass is 32.2. The number of likely N-dealkylation sites (N-methyl/N-ethyl adjacent to an activating group) is 1. The molecule has 0 radical (unpaired) electrons. The second-order valence-corrected chi connectivity index (χ2v) is 9.05.